The quantitative estimate of drug-likeness (QED) is 0.559. The fourth-order valence-corrected chi connectivity index (χ4v) is 4.88. The van der Waals surface area contributed by atoms with Crippen LogP contribution in [-0.2, 0) is 6.42 Å². The molecule has 0 spiro atoms. The van der Waals surface area contributed by atoms with Crippen LogP contribution < -0.4 is 11.1 Å². The van der Waals surface area contributed by atoms with Gasteiger partial charge in [0.05, 0.1) is 24.0 Å². The maximum absolute atomic E-state index is 9.92. The molecule has 1 aliphatic carbocycles. The number of aromatic nitrogens is 5. The number of hydrogen-bond acceptors (Lipinski definition) is 8. The van der Waals surface area contributed by atoms with Crippen molar-refractivity contribution in [3.63, 3.8) is 0 Å². The molecule has 2 atom stereocenters. The first-order valence-corrected chi connectivity index (χ1v) is 11.6. The highest BCUT2D eigenvalue weighted by Gasteiger charge is 2.25. The maximum atomic E-state index is 9.92. The van der Waals surface area contributed by atoms with E-state index in [2.05, 4.69) is 45.1 Å². The second-order valence-corrected chi connectivity index (χ2v) is 9.18. The number of aryl methyl sites for hydroxylation is 1. The van der Waals surface area contributed by atoms with Gasteiger partial charge in [-0.15, -0.1) is 0 Å². The third-order valence-corrected chi connectivity index (χ3v) is 6.85. The number of aliphatic hydroxyl groups is 1. The summed E-state index contributed by atoms with van der Waals surface area (Å²) in [7, 11) is 2.16. The lowest BCUT2D eigenvalue weighted by Crippen LogP contribution is -2.31. The van der Waals surface area contributed by atoms with E-state index in [1.807, 2.05) is 6.20 Å². The van der Waals surface area contributed by atoms with E-state index in [-0.39, 0.29) is 12.1 Å². The number of anilines is 2. The number of nitrogens with one attached hydrogen (secondary N) is 1. The summed E-state index contributed by atoms with van der Waals surface area (Å²) in [5.74, 6) is 1.16. The van der Waals surface area contributed by atoms with Crippen molar-refractivity contribution in [2.24, 2.45) is 0 Å². The van der Waals surface area contributed by atoms with Gasteiger partial charge in [-0.2, -0.15) is 5.10 Å². The highest BCUT2D eigenvalue weighted by molar-refractivity contribution is 5.96. The zero-order valence-electron chi connectivity index (χ0n) is 18.8. The second-order valence-electron chi connectivity index (χ2n) is 9.18. The SMILES string of the molecule is CCc1nc2c(N)ncc(-c3cnn(C4CCN(C)CC4)c3)c2nc1N[C@@H]1CC[C@H](O)C1. The molecule has 9 heteroatoms. The molecule has 1 saturated heterocycles. The molecule has 0 unspecified atom stereocenters. The van der Waals surface area contributed by atoms with Gasteiger partial charge in [-0.25, -0.2) is 15.0 Å². The Hall–Kier alpha value is -2.78. The minimum atomic E-state index is -0.244. The van der Waals surface area contributed by atoms with Crippen molar-refractivity contribution in [3.8, 4) is 11.1 Å². The number of likely N-dealkylation sites (tertiary alicyclic amines) is 1. The predicted molar refractivity (Wildman–Crippen MR) is 125 cm³/mol. The topological polar surface area (TPSA) is 118 Å². The van der Waals surface area contributed by atoms with Crippen molar-refractivity contribution in [2.45, 2.75) is 63.6 Å². The zero-order valence-corrected chi connectivity index (χ0v) is 18.8. The summed E-state index contributed by atoms with van der Waals surface area (Å²) in [6, 6.07) is 0.619. The van der Waals surface area contributed by atoms with Gasteiger partial charge in [-0.05, 0) is 58.7 Å². The minimum Gasteiger partial charge on any atom is -0.393 e. The van der Waals surface area contributed by atoms with E-state index in [0.717, 1.165) is 79.8 Å². The monoisotopic (exact) mass is 436 g/mol. The molecule has 0 aromatic carbocycles. The summed E-state index contributed by atoms with van der Waals surface area (Å²) in [6.45, 7) is 4.23. The molecular weight excluding hydrogens is 404 g/mol. The Balaban J connectivity index is 1.52. The van der Waals surface area contributed by atoms with Gasteiger partial charge in [0.25, 0.3) is 0 Å². The Labute approximate surface area is 188 Å². The van der Waals surface area contributed by atoms with Gasteiger partial charge in [-0.1, -0.05) is 6.92 Å². The number of fused-ring (bicyclic) bond motifs is 1. The number of pyridine rings is 1. The molecule has 3 aromatic rings. The minimum absolute atomic E-state index is 0.205. The molecule has 170 valence electrons. The van der Waals surface area contributed by atoms with E-state index >= 15 is 0 Å². The van der Waals surface area contributed by atoms with Crippen molar-refractivity contribution in [3.05, 3.63) is 24.3 Å². The van der Waals surface area contributed by atoms with Gasteiger partial charge >= 0.3 is 0 Å². The summed E-state index contributed by atoms with van der Waals surface area (Å²) >= 11 is 0. The Morgan fingerprint density at radius 1 is 1.12 bits per heavy atom. The maximum Gasteiger partial charge on any atom is 0.151 e. The second kappa shape index (κ2) is 8.63. The van der Waals surface area contributed by atoms with Crippen molar-refractivity contribution in [1.82, 2.24) is 29.6 Å². The molecule has 2 fully saturated rings. The molecule has 3 aromatic heterocycles. The molecule has 0 amide bonds. The van der Waals surface area contributed by atoms with Gasteiger partial charge in [-0.3, -0.25) is 4.68 Å². The fraction of sp³-hybridized carbons (Fsp3) is 0.565. The summed E-state index contributed by atoms with van der Waals surface area (Å²) < 4.78 is 2.08. The van der Waals surface area contributed by atoms with E-state index in [9.17, 15) is 5.11 Å². The Kier molecular flexibility index (Phi) is 5.69. The number of rotatable bonds is 5. The molecule has 1 saturated carbocycles. The average Bonchev–Trinajstić information content (AvgIpc) is 3.43. The van der Waals surface area contributed by atoms with Crippen LogP contribution in [0.25, 0.3) is 22.2 Å². The lowest BCUT2D eigenvalue weighted by Gasteiger charge is -2.28. The van der Waals surface area contributed by atoms with E-state index in [1.165, 1.54) is 0 Å². The van der Waals surface area contributed by atoms with Gasteiger partial charge < -0.3 is 21.1 Å². The number of nitrogen functional groups attached to an aromatic ring is 1. The van der Waals surface area contributed by atoms with Crippen LogP contribution in [0, 0.1) is 0 Å². The molecule has 5 rings (SSSR count). The van der Waals surface area contributed by atoms with Crippen molar-refractivity contribution >= 4 is 22.7 Å². The van der Waals surface area contributed by atoms with Crippen LogP contribution in [0.3, 0.4) is 0 Å². The van der Waals surface area contributed by atoms with Gasteiger partial charge in [0.15, 0.2) is 5.82 Å². The standard InChI is InChI=1S/C23H32N8O/c1-3-19-23(27-15-4-5-17(32)10-15)29-20-18(12-25-22(24)21(20)28-19)14-11-26-31(13-14)16-6-8-30(2)9-7-16/h11-13,15-17,32H,3-10H2,1-2H3,(H2,24,25)(H,27,29)/t15-,17+/m1/s1. The highest BCUT2D eigenvalue weighted by atomic mass is 16.3. The zero-order chi connectivity index (χ0) is 22.2. The molecule has 32 heavy (non-hydrogen) atoms. The van der Waals surface area contributed by atoms with E-state index in [0.29, 0.717) is 17.4 Å². The number of piperidine rings is 1. The normalized spacial score (nSPS) is 22.6. The molecule has 2 aliphatic rings. The Morgan fingerprint density at radius 2 is 1.94 bits per heavy atom. The Bertz CT molecular complexity index is 1100. The van der Waals surface area contributed by atoms with Crippen molar-refractivity contribution in [1.29, 1.82) is 0 Å². The highest BCUT2D eigenvalue weighted by Crippen LogP contribution is 2.32. The van der Waals surface area contributed by atoms with Gasteiger partial charge in [0, 0.05) is 29.6 Å². The van der Waals surface area contributed by atoms with Crippen LogP contribution in [0.2, 0.25) is 0 Å². The summed E-state index contributed by atoms with van der Waals surface area (Å²) in [6.07, 6.45) is 10.9. The number of aliphatic hydroxyl groups excluding tert-OH is 1. The first kappa shape index (κ1) is 21.1. The molecule has 4 heterocycles. The lowest BCUT2D eigenvalue weighted by atomic mass is 10.1. The van der Waals surface area contributed by atoms with Crippen LogP contribution in [0.15, 0.2) is 18.6 Å². The molecule has 9 nitrogen and oxygen atoms in total. The van der Waals surface area contributed by atoms with Gasteiger partial charge in [0.2, 0.25) is 0 Å². The number of hydrogen-bond donors (Lipinski definition) is 3. The summed E-state index contributed by atoms with van der Waals surface area (Å²) in [5, 5.41) is 18.1. The predicted octanol–water partition coefficient (Wildman–Crippen LogP) is 2.62. The van der Waals surface area contributed by atoms with Crippen LogP contribution in [0.5, 0.6) is 0 Å². The van der Waals surface area contributed by atoms with Crippen LogP contribution in [-0.4, -0.2) is 67.0 Å². The smallest absolute Gasteiger partial charge is 0.151 e. The number of nitrogens with zero attached hydrogens (tertiary/aromatic N) is 6. The molecule has 0 radical (unpaired) electrons. The van der Waals surface area contributed by atoms with E-state index in [1.54, 1.807) is 6.20 Å². The summed E-state index contributed by atoms with van der Waals surface area (Å²) in [5.41, 5.74) is 10.3. The largest absolute Gasteiger partial charge is 0.393 e. The van der Waals surface area contributed by atoms with Crippen LogP contribution in [0.4, 0.5) is 11.6 Å². The molecule has 0 bridgehead atoms. The third-order valence-electron chi connectivity index (χ3n) is 6.85. The van der Waals surface area contributed by atoms with Gasteiger partial charge in [0.1, 0.15) is 16.9 Å². The average molecular weight is 437 g/mol. The molecule has 1 aliphatic heterocycles. The van der Waals surface area contributed by atoms with Crippen LogP contribution in [0.1, 0.15) is 50.8 Å². The first-order valence-electron chi connectivity index (χ1n) is 11.6. The Morgan fingerprint density at radius 3 is 2.66 bits per heavy atom. The van der Waals surface area contributed by atoms with E-state index < -0.39 is 0 Å². The van der Waals surface area contributed by atoms with Crippen molar-refractivity contribution in [2.75, 3.05) is 31.2 Å². The molecule has 4 N–H and O–H groups in total. The fourth-order valence-electron chi connectivity index (χ4n) is 4.88. The lowest BCUT2D eigenvalue weighted by molar-refractivity contribution is 0.182. The first-order chi connectivity index (χ1) is 15.5. The summed E-state index contributed by atoms with van der Waals surface area (Å²) in [4.78, 5) is 16.6. The third kappa shape index (κ3) is 4.02. The molecular formula is C23H32N8O. The van der Waals surface area contributed by atoms with Crippen LogP contribution >= 0.6 is 0 Å². The van der Waals surface area contributed by atoms with Crippen molar-refractivity contribution < 1.29 is 5.11 Å². The number of nitrogens with two attached hydrogens (primary N) is 1. The van der Waals surface area contributed by atoms with E-state index in [4.69, 9.17) is 15.7 Å².